The Hall–Kier alpha value is -0.0400. The van der Waals surface area contributed by atoms with Gasteiger partial charge in [0.2, 0.25) is 0 Å². The highest BCUT2D eigenvalue weighted by atomic mass is 16.5. The van der Waals surface area contributed by atoms with Crippen molar-refractivity contribution in [3.05, 3.63) is 0 Å². The molecule has 1 nitrogen and oxygen atoms in total. The highest BCUT2D eigenvalue weighted by molar-refractivity contribution is 4.79. The van der Waals surface area contributed by atoms with Crippen LogP contribution in [0.15, 0.2) is 0 Å². The monoisotopic (exact) mass is 252 g/mol. The van der Waals surface area contributed by atoms with Gasteiger partial charge in [0.25, 0.3) is 0 Å². The molecule has 2 fully saturated rings. The summed E-state index contributed by atoms with van der Waals surface area (Å²) in [5, 5.41) is 0. The molecule has 2 aliphatic rings. The molecule has 2 rings (SSSR count). The molecule has 0 bridgehead atoms. The predicted octanol–water partition coefficient (Wildman–Crippen LogP) is 5.04. The van der Waals surface area contributed by atoms with Crippen LogP contribution in [0.3, 0.4) is 0 Å². The van der Waals surface area contributed by atoms with Gasteiger partial charge in [0, 0.05) is 0 Å². The Morgan fingerprint density at radius 2 is 1.39 bits per heavy atom. The summed E-state index contributed by atoms with van der Waals surface area (Å²) in [5.74, 6) is 3.58. The SMILES string of the molecule is CC(C)C1CCC(OC2CCC(C)C(C)C2)CC1. The quantitative estimate of drug-likeness (QED) is 0.683. The van der Waals surface area contributed by atoms with Crippen molar-refractivity contribution in [2.24, 2.45) is 23.7 Å². The lowest BCUT2D eigenvalue weighted by Gasteiger charge is -2.37. The summed E-state index contributed by atoms with van der Waals surface area (Å²) in [6.45, 7) is 9.54. The van der Waals surface area contributed by atoms with Gasteiger partial charge in [-0.25, -0.2) is 0 Å². The van der Waals surface area contributed by atoms with E-state index in [1.165, 1.54) is 44.9 Å². The van der Waals surface area contributed by atoms with E-state index in [1.54, 1.807) is 0 Å². The number of hydrogen-bond acceptors (Lipinski definition) is 1. The molecular weight excluding hydrogens is 220 g/mol. The average Bonchev–Trinajstić information content (AvgIpc) is 2.34. The lowest BCUT2D eigenvalue weighted by Crippen LogP contribution is -2.32. The van der Waals surface area contributed by atoms with Crippen molar-refractivity contribution in [3.63, 3.8) is 0 Å². The first-order chi connectivity index (χ1) is 8.56. The Kier molecular flexibility index (Phi) is 5.12. The molecule has 2 aliphatic carbocycles. The maximum atomic E-state index is 6.38. The van der Waals surface area contributed by atoms with Crippen LogP contribution in [0.4, 0.5) is 0 Å². The van der Waals surface area contributed by atoms with Gasteiger partial charge in [-0.3, -0.25) is 0 Å². The van der Waals surface area contributed by atoms with Crippen molar-refractivity contribution in [1.82, 2.24) is 0 Å². The summed E-state index contributed by atoms with van der Waals surface area (Å²) >= 11 is 0. The minimum absolute atomic E-state index is 0.566. The molecule has 2 saturated carbocycles. The number of ether oxygens (including phenoxy) is 1. The third kappa shape index (κ3) is 3.73. The fourth-order valence-electron chi connectivity index (χ4n) is 3.79. The minimum atomic E-state index is 0.566. The van der Waals surface area contributed by atoms with Gasteiger partial charge in [-0.1, -0.05) is 27.7 Å². The first-order valence-corrected chi connectivity index (χ1v) is 8.21. The molecule has 0 aromatic carbocycles. The molecule has 0 N–H and O–H groups in total. The Morgan fingerprint density at radius 1 is 0.778 bits per heavy atom. The summed E-state index contributed by atoms with van der Waals surface area (Å²) in [6, 6.07) is 0. The summed E-state index contributed by atoms with van der Waals surface area (Å²) in [5.41, 5.74) is 0. The standard InChI is InChI=1S/C17H32O/c1-12(2)15-6-9-16(10-7-15)18-17-8-5-13(3)14(4)11-17/h12-17H,5-11H2,1-4H3. The smallest absolute Gasteiger partial charge is 0.0581 e. The van der Waals surface area contributed by atoms with Crippen LogP contribution in [-0.4, -0.2) is 12.2 Å². The molecule has 0 radical (unpaired) electrons. The van der Waals surface area contributed by atoms with Crippen LogP contribution in [-0.2, 0) is 4.74 Å². The summed E-state index contributed by atoms with van der Waals surface area (Å²) < 4.78 is 6.38. The molecule has 0 spiro atoms. The van der Waals surface area contributed by atoms with Crippen LogP contribution >= 0.6 is 0 Å². The van der Waals surface area contributed by atoms with Gasteiger partial charge in [-0.2, -0.15) is 0 Å². The Labute approximate surface area is 114 Å². The molecule has 0 amide bonds. The second-order valence-corrected chi connectivity index (χ2v) is 7.31. The van der Waals surface area contributed by atoms with Crippen LogP contribution < -0.4 is 0 Å². The van der Waals surface area contributed by atoms with Crippen molar-refractivity contribution in [3.8, 4) is 0 Å². The molecule has 0 saturated heterocycles. The van der Waals surface area contributed by atoms with Crippen LogP contribution in [0.25, 0.3) is 0 Å². The maximum absolute atomic E-state index is 6.38. The van der Waals surface area contributed by atoms with Crippen molar-refractivity contribution < 1.29 is 4.74 Å². The van der Waals surface area contributed by atoms with E-state index in [9.17, 15) is 0 Å². The van der Waals surface area contributed by atoms with Crippen LogP contribution in [0.1, 0.15) is 72.6 Å². The topological polar surface area (TPSA) is 9.23 Å². The van der Waals surface area contributed by atoms with E-state index in [0.717, 1.165) is 23.7 Å². The fraction of sp³-hybridized carbons (Fsp3) is 1.00. The number of hydrogen-bond donors (Lipinski definition) is 0. The van der Waals surface area contributed by atoms with Gasteiger partial charge in [-0.05, 0) is 68.6 Å². The first-order valence-electron chi connectivity index (χ1n) is 8.21. The van der Waals surface area contributed by atoms with E-state index in [0.29, 0.717) is 12.2 Å². The Bertz CT molecular complexity index is 240. The zero-order valence-corrected chi connectivity index (χ0v) is 12.8. The van der Waals surface area contributed by atoms with Crippen LogP contribution in [0, 0.1) is 23.7 Å². The first kappa shape index (κ1) is 14.4. The lowest BCUT2D eigenvalue weighted by atomic mass is 9.79. The molecule has 0 aliphatic heterocycles. The lowest BCUT2D eigenvalue weighted by molar-refractivity contribution is -0.0671. The largest absolute Gasteiger partial charge is 0.375 e. The zero-order chi connectivity index (χ0) is 13.1. The average molecular weight is 252 g/mol. The van der Waals surface area contributed by atoms with E-state index >= 15 is 0 Å². The van der Waals surface area contributed by atoms with Gasteiger partial charge in [-0.15, -0.1) is 0 Å². The Balaban J connectivity index is 1.72. The van der Waals surface area contributed by atoms with Gasteiger partial charge in [0.15, 0.2) is 0 Å². The normalized spacial score (nSPS) is 42.2. The second-order valence-electron chi connectivity index (χ2n) is 7.31. The number of rotatable bonds is 3. The second kappa shape index (κ2) is 6.41. The Morgan fingerprint density at radius 3 is 1.94 bits per heavy atom. The summed E-state index contributed by atoms with van der Waals surface area (Å²) in [4.78, 5) is 0. The van der Waals surface area contributed by atoms with Crippen molar-refractivity contribution in [2.75, 3.05) is 0 Å². The van der Waals surface area contributed by atoms with E-state index in [2.05, 4.69) is 27.7 Å². The van der Waals surface area contributed by atoms with Crippen molar-refractivity contribution in [2.45, 2.75) is 84.8 Å². The van der Waals surface area contributed by atoms with Gasteiger partial charge in [0.1, 0.15) is 0 Å². The highest BCUT2D eigenvalue weighted by Gasteiger charge is 2.29. The van der Waals surface area contributed by atoms with E-state index in [-0.39, 0.29) is 0 Å². The molecule has 106 valence electrons. The van der Waals surface area contributed by atoms with Crippen LogP contribution in [0.5, 0.6) is 0 Å². The molecular formula is C17H32O. The van der Waals surface area contributed by atoms with E-state index in [4.69, 9.17) is 4.74 Å². The molecule has 1 heteroatoms. The summed E-state index contributed by atoms with van der Waals surface area (Å²) in [7, 11) is 0. The molecule has 18 heavy (non-hydrogen) atoms. The summed E-state index contributed by atoms with van der Waals surface area (Å²) in [6.07, 6.45) is 10.5. The van der Waals surface area contributed by atoms with Crippen molar-refractivity contribution >= 4 is 0 Å². The third-order valence-electron chi connectivity index (χ3n) is 5.60. The third-order valence-corrected chi connectivity index (χ3v) is 5.60. The van der Waals surface area contributed by atoms with Crippen LogP contribution in [0.2, 0.25) is 0 Å². The minimum Gasteiger partial charge on any atom is -0.375 e. The van der Waals surface area contributed by atoms with Gasteiger partial charge >= 0.3 is 0 Å². The molecule has 3 atom stereocenters. The van der Waals surface area contributed by atoms with Crippen molar-refractivity contribution in [1.29, 1.82) is 0 Å². The van der Waals surface area contributed by atoms with E-state index in [1.807, 2.05) is 0 Å². The predicted molar refractivity (Wildman–Crippen MR) is 77.6 cm³/mol. The molecule has 0 aromatic heterocycles. The maximum Gasteiger partial charge on any atom is 0.0581 e. The van der Waals surface area contributed by atoms with Gasteiger partial charge < -0.3 is 4.74 Å². The zero-order valence-electron chi connectivity index (χ0n) is 12.8. The van der Waals surface area contributed by atoms with Gasteiger partial charge in [0.05, 0.1) is 12.2 Å². The highest BCUT2D eigenvalue weighted by Crippen LogP contribution is 2.35. The molecule has 0 aromatic rings. The molecule has 3 unspecified atom stereocenters. The van der Waals surface area contributed by atoms with E-state index < -0.39 is 0 Å². The fourth-order valence-corrected chi connectivity index (χ4v) is 3.79. The molecule has 0 heterocycles.